The van der Waals surface area contributed by atoms with Gasteiger partial charge in [0.15, 0.2) is 0 Å². The van der Waals surface area contributed by atoms with Gasteiger partial charge in [-0.2, -0.15) is 0 Å². The van der Waals surface area contributed by atoms with Crippen molar-refractivity contribution in [3.05, 3.63) is 29.8 Å². The predicted octanol–water partition coefficient (Wildman–Crippen LogP) is 2.05. The van der Waals surface area contributed by atoms with Gasteiger partial charge in [0.05, 0.1) is 11.9 Å². The molecule has 0 amide bonds. The molecule has 2 heterocycles. The van der Waals surface area contributed by atoms with Crippen molar-refractivity contribution in [1.29, 1.82) is 0 Å². The Morgan fingerprint density at radius 2 is 2.19 bits per heavy atom. The van der Waals surface area contributed by atoms with Crippen molar-refractivity contribution in [3.8, 4) is 0 Å². The van der Waals surface area contributed by atoms with E-state index in [9.17, 15) is 4.39 Å². The first-order chi connectivity index (χ1) is 7.75. The first-order valence-corrected chi connectivity index (χ1v) is 5.71. The zero-order valence-corrected chi connectivity index (χ0v) is 9.45. The summed E-state index contributed by atoms with van der Waals surface area (Å²) < 4.78 is 18.0. The molecular formula is C12H17FN2O. The Kier molecular flexibility index (Phi) is 3.85. The zero-order chi connectivity index (χ0) is 11.4. The van der Waals surface area contributed by atoms with Crippen LogP contribution < -0.4 is 5.32 Å². The van der Waals surface area contributed by atoms with E-state index in [4.69, 9.17) is 4.74 Å². The van der Waals surface area contributed by atoms with E-state index in [2.05, 4.69) is 17.2 Å². The number of nitrogens with zero attached hydrogens (tertiary/aromatic N) is 1. The lowest BCUT2D eigenvalue weighted by atomic mass is 10.1. The highest BCUT2D eigenvalue weighted by Crippen LogP contribution is 2.14. The van der Waals surface area contributed by atoms with Crippen molar-refractivity contribution in [1.82, 2.24) is 10.3 Å². The van der Waals surface area contributed by atoms with Crippen molar-refractivity contribution < 1.29 is 9.13 Å². The molecule has 0 aromatic carbocycles. The monoisotopic (exact) mass is 224 g/mol. The predicted molar refractivity (Wildman–Crippen MR) is 59.6 cm³/mol. The minimum Gasteiger partial charge on any atom is -0.381 e. The second kappa shape index (κ2) is 5.37. The molecule has 2 rings (SSSR count). The van der Waals surface area contributed by atoms with Crippen LogP contribution in [-0.2, 0) is 4.74 Å². The summed E-state index contributed by atoms with van der Waals surface area (Å²) in [6, 6.07) is 3.82. The number of nitrogens with one attached hydrogen (secondary N) is 1. The van der Waals surface area contributed by atoms with Gasteiger partial charge in [-0.25, -0.2) is 4.39 Å². The van der Waals surface area contributed by atoms with Crippen molar-refractivity contribution in [2.45, 2.75) is 31.8 Å². The summed E-state index contributed by atoms with van der Waals surface area (Å²) in [5.41, 5.74) is 0.882. The summed E-state index contributed by atoms with van der Waals surface area (Å²) >= 11 is 0. The van der Waals surface area contributed by atoms with Crippen LogP contribution in [0.25, 0.3) is 0 Å². The van der Waals surface area contributed by atoms with Crippen LogP contribution in [0.3, 0.4) is 0 Å². The van der Waals surface area contributed by atoms with Crippen LogP contribution in [0.2, 0.25) is 0 Å². The van der Waals surface area contributed by atoms with E-state index >= 15 is 0 Å². The van der Waals surface area contributed by atoms with Crippen LogP contribution in [0.4, 0.5) is 4.39 Å². The van der Waals surface area contributed by atoms with E-state index in [1.165, 1.54) is 12.3 Å². The topological polar surface area (TPSA) is 34.1 Å². The minimum atomic E-state index is -0.290. The van der Waals surface area contributed by atoms with E-state index < -0.39 is 0 Å². The number of hydrogen-bond acceptors (Lipinski definition) is 3. The lowest BCUT2D eigenvalue weighted by Gasteiger charge is -2.26. The summed E-state index contributed by atoms with van der Waals surface area (Å²) in [5, 5.41) is 3.49. The molecular weight excluding hydrogens is 207 g/mol. The number of ether oxygens (including phenoxy) is 1. The molecule has 0 saturated carbocycles. The Labute approximate surface area is 95.0 Å². The summed E-state index contributed by atoms with van der Waals surface area (Å²) in [6.45, 7) is 3.69. The molecule has 1 unspecified atom stereocenters. The maximum absolute atomic E-state index is 12.7. The molecule has 4 heteroatoms. The highest BCUT2D eigenvalue weighted by molar-refractivity contribution is 5.09. The maximum Gasteiger partial charge on any atom is 0.141 e. The average Bonchev–Trinajstić information content (AvgIpc) is 2.31. The number of rotatable bonds is 3. The van der Waals surface area contributed by atoms with Crippen LogP contribution in [0.15, 0.2) is 18.3 Å². The molecule has 16 heavy (non-hydrogen) atoms. The molecule has 1 aromatic rings. The minimum absolute atomic E-state index is 0.156. The second-order valence-corrected chi connectivity index (χ2v) is 4.18. The normalized spacial score (nSPS) is 19.6. The number of aromatic nitrogens is 1. The van der Waals surface area contributed by atoms with E-state index in [1.54, 1.807) is 6.07 Å². The van der Waals surface area contributed by atoms with Gasteiger partial charge in [-0.05, 0) is 31.9 Å². The molecule has 88 valence electrons. The summed E-state index contributed by atoms with van der Waals surface area (Å²) in [6.07, 6.45) is 3.33. The zero-order valence-electron chi connectivity index (χ0n) is 9.45. The average molecular weight is 224 g/mol. The SMILES string of the molecule is CC(NC1CCOCC1)c1ccc(F)cn1. The smallest absolute Gasteiger partial charge is 0.141 e. The Hall–Kier alpha value is -1.00. The van der Waals surface area contributed by atoms with Gasteiger partial charge in [0.1, 0.15) is 5.82 Å². The van der Waals surface area contributed by atoms with Gasteiger partial charge in [-0.3, -0.25) is 4.98 Å². The fourth-order valence-electron chi connectivity index (χ4n) is 1.95. The van der Waals surface area contributed by atoms with Crippen LogP contribution in [-0.4, -0.2) is 24.2 Å². The molecule has 1 saturated heterocycles. The molecule has 0 radical (unpaired) electrons. The molecule has 1 aromatic heterocycles. The third-order valence-corrected chi connectivity index (χ3v) is 2.90. The summed E-state index contributed by atoms with van der Waals surface area (Å²) in [4.78, 5) is 4.07. The fourth-order valence-corrected chi connectivity index (χ4v) is 1.95. The Morgan fingerprint density at radius 3 is 2.81 bits per heavy atom. The van der Waals surface area contributed by atoms with Gasteiger partial charge in [0, 0.05) is 25.3 Å². The highest BCUT2D eigenvalue weighted by Gasteiger charge is 2.17. The molecule has 1 N–H and O–H groups in total. The first kappa shape index (κ1) is 11.5. The highest BCUT2D eigenvalue weighted by atomic mass is 19.1. The number of pyridine rings is 1. The summed E-state index contributed by atoms with van der Waals surface area (Å²) in [5.74, 6) is -0.290. The molecule has 1 atom stereocenters. The van der Waals surface area contributed by atoms with E-state index in [0.717, 1.165) is 31.7 Å². The molecule has 1 fully saturated rings. The standard InChI is InChI=1S/C12H17FN2O/c1-9(12-3-2-10(13)8-14-12)15-11-4-6-16-7-5-11/h2-3,8-9,11,15H,4-7H2,1H3. The van der Waals surface area contributed by atoms with E-state index in [-0.39, 0.29) is 11.9 Å². The number of hydrogen-bond donors (Lipinski definition) is 1. The molecule has 1 aliphatic rings. The lowest BCUT2D eigenvalue weighted by Crippen LogP contribution is -2.36. The molecule has 0 bridgehead atoms. The van der Waals surface area contributed by atoms with Gasteiger partial charge in [0.2, 0.25) is 0 Å². The Morgan fingerprint density at radius 1 is 1.44 bits per heavy atom. The van der Waals surface area contributed by atoms with Gasteiger partial charge in [0.25, 0.3) is 0 Å². The summed E-state index contributed by atoms with van der Waals surface area (Å²) in [7, 11) is 0. The van der Waals surface area contributed by atoms with Gasteiger partial charge in [-0.15, -0.1) is 0 Å². The van der Waals surface area contributed by atoms with Crippen molar-refractivity contribution in [3.63, 3.8) is 0 Å². The van der Waals surface area contributed by atoms with Crippen molar-refractivity contribution >= 4 is 0 Å². The lowest BCUT2D eigenvalue weighted by molar-refractivity contribution is 0.0753. The van der Waals surface area contributed by atoms with Crippen LogP contribution >= 0.6 is 0 Å². The van der Waals surface area contributed by atoms with Crippen molar-refractivity contribution in [2.24, 2.45) is 0 Å². The second-order valence-electron chi connectivity index (χ2n) is 4.18. The number of halogens is 1. The van der Waals surface area contributed by atoms with Crippen LogP contribution in [0.1, 0.15) is 31.5 Å². The Balaban J connectivity index is 1.91. The maximum atomic E-state index is 12.7. The van der Waals surface area contributed by atoms with E-state index in [0.29, 0.717) is 6.04 Å². The van der Waals surface area contributed by atoms with Gasteiger partial charge < -0.3 is 10.1 Å². The quantitative estimate of drug-likeness (QED) is 0.853. The third-order valence-electron chi connectivity index (χ3n) is 2.90. The fraction of sp³-hybridized carbons (Fsp3) is 0.583. The Bertz CT molecular complexity index is 322. The van der Waals surface area contributed by atoms with Crippen LogP contribution in [0, 0.1) is 5.82 Å². The van der Waals surface area contributed by atoms with Crippen molar-refractivity contribution in [2.75, 3.05) is 13.2 Å². The molecule has 0 spiro atoms. The molecule has 0 aliphatic carbocycles. The third kappa shape index (κ3) is 3.00. The first-order valence-electron chi connectivity index (χ1n) is 5.71. The molecule has 3 nitrogen and oxygen atoms in total. The van der Waals surface area contributed by atoms with Gasteiger partial charge >= 0.3 is 0 Å². The van der Waals surface area contributed by atoms with Gasteiger partial charge in [-0.1, -0.05) is 0 Å². The van der Waals surface area contributed by atoms with E-state index in [1.807, 2.05) is 0 Å². The van der Waals surface area contributed by atoms with Crippen LogP contribution in [0.5, 0.6) is 0 Å². The molecule has 1 aliphatic heterocycles. The largest absolute Gasteiger partial charge is 0.381 e.